The summed E-state index contributed by atoms with van der Waals surface area (Å²) in [6, 6.07) is 3.20. The first-order chi connectivity index (χ1) is 8.97. The predicted octanol–water partition coefficient (Wildman–Crippen LogP) is 3.47. The molecule has 0 saturated heterocycles. The van der Waals surface area contributed by atoms with Crippen molar-refractivity contribution in [1.82, 2.24) is 0 Å². The number of benzene rings is 2. The smallest absolute Gasteiger partial charge is 0.160 e. The Balaban J connectivity index is 2.23. The van der Waals surface area contributed by atoms with E-state index < -0.39 is 34.1 Å². The second-order valence-electron chi connectivity index (χ2n) is 3.92. The first-order valence-corrected chi connectivity index (χ1v) is 6.29. The van der Waals surface area contributed by atoms with Gasteiger partial charge in [0, 0.05) is 12.1 Å². The van der Waals surface area contributed by atoms with Crippen molar-refractivity contribution in [2.24, 2.45) is 0 Å². The molecule has 98 valence electrons. The molecule has 1 aliphatic rings. The second-order valence-corrected chi connectivity index (χ2v) is 5.34. The molecule has 0 unspecified atom stereocenters. The topological polar surface area (TPSA) is 29.1 Å². The first kappa shape index (κ1) is 12.2. The van der Waals surface area contributed by atoms with E-state index in [1.54, 1.807) is 0 Å². The van der Waals surface area contributed by atoms with Gasteiger partial charge in [-0.2, -0.15) is 0 Å². The van der Waals surface area contributed by atoms with Crippen molar-refractivity contribution in [2.45, 2.75) is 9.79 Å². The Labute approximate surface area is 107 Å². The lowest BCUT2D eigenvalue weighted by atomic mass is 10.2. The number of hydrogen-bond donors (Lipinski definition) is 1. The number of anilines is 2. The van der Waals surface area contributed by atoms with Crippen molar-refractivity contribution in [2.75, 3.05) is 5.32 Å². The average molecular weight is 287 g/mol. The Morgan fingerprint density at radius 3 is 1.53 bits per heavy atom. The fourth-order valence-corrected chi connectivity index (χ4v) is 3.10. The van der Waals surface area contributed by atoms with Gasteiger partial charge in [-0.15, -0.1) is 0 Å². The molecule has 0 aliphatic carbocycles. The van der Waals surface area contributed by atoms with Gasteiger partial charge >= 0.3 is 0 Å². The summed E-state index contributed by atoms with van der Waals surface area (Å²) >= 11 is 0. The molecule has 1 heterocycles. The molecule has 1 aliphatic heterocycles. The molecule has 1 N–H and O–H groups in total. The molecule has 0 atom stereocenters. The molecule has 0 spiro atoms. The molecule has 0 fully saturated rings. The normalized spacial score (nSPS) is 13.7. The van der Waals surface area contributed by atoms with Crippen LogP contribution < -0.4 is 5.32 Å². The zero-order chi connectivity index (χ0) is 13.7. The van der Waals surface area contributed by atoms with Gasteiger partial charge in [-0.3, -0.25) is 0 Å². The largest absolute Gasteiger partial charge is 0.353 e. The number of hydrogen-bond acceptors (Lipinski definition) is 2. The summed E-state index contributed by atoms with van der Waals surface area (Å²) in [4.78, 5) is -0.0326. The summed E-state index contributed by atoms with van der Waals surface area (Å²) in [6.07, 6.45) is 0. The van der Waals surface area contributed by atoms with Crippen molar-refractivity contribution < 1.29 is 21.8 Å². The van der Waals surface area contributed by atoms with E-state index in [1.807, 2.05) is 0 Å². The molecule has 2 aromatic carbocycles. The van der Waals surface area contributed by atoms with Crippen LogP contribution in [0.1, 0.15) is 0 Å². The maximum absolute atomic E-state index is 13.1. The summed E-state index contributed by atoms with van der Waals surface area (Å²) in [5, 5.41) is 2.60. The van der Waals surface area contributed by atoms with Gasteiger partial charge in [-0.1, -0.05) is 0 Å². The van der Waals surface area contributed by atoms with E-state index in [-0.39, 0.29) is 21.2 Å². The quantitative estimate of drug-likeness (QED) is 0.641. The lowest BCUT2D eigenvalue weighted by molar-refractivity contribution is 0.504. The highest BCUT2D eigenvalue weighted by Gasteiger charge is 2.25. The van der Waals surface area contributed by atoms with Gasteiger partial charge in [0.05, 0.1) is 32.0 Å². The Hall–Kier alpha value is -1.89. The highest BCUT2D eigenvalue weighted by molar-refractivity contribution is 7.85. The third kappa shape index (κ3) is 1.81. The SMILES string of the molecule is O=S1c2cc(F)c(F)cc2Nc2cc(F)c(F)cc21. The van der Waals surface area contributed by atoms with E-state index in [0.29, 0.717) is 0 Å². The van der Waals surface area contributed by atoms with Crippen molar-refractivity contribution >= 4 is 22.2 Å². The van der Waals surface area contributed by atoms with Crippen LogP contribution >= 0.6 is 0 Å². The predicted molar refractivity (Wildman–Crippen MR) is 60.7 cm³/mol. The minimum absolute atomic E-state index is 0.0163. The third-order valence-electron chi connectivity index (χ3n) is 2.71. The number of nitrogens with one attached hydrogen (secondary N) is 1. The van der Waals surface area contributed by atoms with Crippen LogP contribution in [0.15, 0.2) is 34.1 Å². The van der Waals surface area contributed by atoms with Crippen molar-refractivity contribution in [1.29, 1.82) is 0 Å². The molecule has 19 heavy (non-hydrogen) atoms. The molecule has 0 saturated carbocycles. The van der Waals surface area contributed by atoms with E-state index in [9.17, 15) is 21.8 Å². The zero-order valence-electron chi connectivity index (χ0n) is 9.14. The third-order valence-corrected chi connectivity index (χ3v) is 4.19. The fourth-order valence-electron chi connectivity index (χ4n) is 1.82. The van der Waals surface area contributed by atoms with Crippen LogP contribution in [0.5, 0.6) is 0 Å². The molecule has 0 aromatic heterocycles. The summed E-state index contributed by atoms with van der Waals surface area (Å²) in [6.45, 7) is 0. The van der Waals surface area contributed by atoms with Crippen LogP contribution in [0.3, 0.4) is 0 Å². The lowest BCUT2D eigenvalue weighted by Crippen LogP contribution is -2.11. The molecule has 7 heteroatoms. The molecule has 3 rings (SSSR count). The molecular weight excluding hydrogens is 282 g/mol. The highest BCUT2D eigenvalue weighted by atomic mass is 32.2. The molecule has 0 amide bonds. The monoisotopic (exact) mass is 287 g/mol. The Kier molecular flexibility index (Phi) is 2.60. The van der Waals surface area contributed by atoms with Gasteiger partial charge in [-0.05, 0) is 12.1 Å². The number of fused-ring (bicyclic) bond motifs is 2. The number of halogens is 4. The molecule has 0 bridgehead atoms. The summed E-state index contributed by atoms with van der Waals surface area (Å²) < 4.78 is 64.6. The van der Waals surface area contributed by atoms with Crippen LogP contribution in [-0.4, -0.2) is 4.21 Å². The second kappa shape index (κ2) is 4.06. The van der Waals surface area contributed by atoms with E-state index in [4.69, 9.17) is 0 Å². The summed E-state index contributed by atoms with van der Waals surface area (Å²) in [7, 11) is -1.90. The molecule has 2 nitrogen and oxygen atoms in total. The van der Waals surface area contributed by atoms with Gasteiger partial charge < -0.3 is 5.32 Å². The standard InChI is InChI=1S/C12H5F4NOS/c13-5-1-9-11(3-7(5)15)19(18)12-4-8(16)6(14)2-10(12)17-9/h1-4,17H. The van der Waals surface area contributed by atoms with E-state index >= 15 is 0 Å². The van der Waals surface area contributed by atoms with Gasteiger partial charge in [-0.25, -0.2) is 21.8 Å². The van der Waals surface area contributed by atoms with Crippen molar-refractivity contribution in [3.8, 4) is 0 Å². The minimum Gasteiger partial charge on any atom is -0.353 e. The Bertz CT molecular complexity index is 673. The van der Waals surface area contributed by atoms with Crippen molar-refractivity contribution in [3.63, 3.8) is 0 Å². The summed E-state index contributed by atoms with van der Waals surface area (Å²) in [5.41, 5.74) is 0.131. The Morgan fingerprint density at radius 1 is 0.737 bits per heavy atom. The van der Waals surface area contributed by atoms with Crippen LogP contribution in [-0.2, 0) is 10.8 Å². The number of rotatable bonds is 0. The van der Waals surface area contributed by atoms with Gasteiger partial charge in [0.2, 0.25) is 0 Å². The fraction of sp³-hybridized carbons (Fsp3) is 0. The highest BCUT2D eigenvalue weighted by Crippen LogP contribution is 2.38. The van der Waals surface area contributed by atoms with Crippen LogP contribution in [0.2, 0.25) is 0 Å². The minimum atomic E-state index is -1.90. The van der Waals surface area contributed by atoms with E-state index in [0.717, 1.165) is 24.3 Å². The van der Waals surface area contributed by atoms with Gasteiger partial charge in [0.1, 0.15) is 0 Å². The average Bonchev–Trinajstić information content (AvgIpc) is 2.35. The van der Waals surface area contributed by atoms with Gasteiger partial charge in [0.15, 0.2) is 23.3 Å². The summed E-state index contributed by atoms with van der Waals surface area (Å²) in [5.74, 6) is -4.54. The van der Waals surface area contributed by atoms with Crippen LogP contribution in [0.4, 0.5) is 28.9 Å². The zero-order valence-corrected chi connectivity index (χ0v) is 9.95. The van der Waals surface area contributed by atoms with Gasteiger partial charge in [0.25, 0.3) is 0 Å². The molecule has 2 aromatic rings. The maximum atomic E-state index is 13.1. The first-order valence-electron chi connectivity index (χ1n) is 5.14. The lowest BCUT2D eigenvalue weighted by Gasteiger charge is -2.21. The Morgan fingerprint density at radius 2 is 1.11 bits per heavy atom. The van der Waals surface area contributed by atoms with E-state index in [2.05, 4.69) is 5.32 Å². The van der Waals surface area contributed by atoms with Crippen LogP contribution in [0, 0.1) is 23.3 Å². The van der Waals surface area contributed by atoms with E-state index in [1.165, 1.54) is 0 Å². The molecular formula is C12H5F4NOS. The maximum Gasteiger partial charge on any atom is 0.160 e. The molecule has 0 radical (unpaired) electrons. The van der Waals surface area contributed by atoms with Crippen LogP contribution in [0.25, 0.3) is 0 Å². The van der Waals surface area contributed by atoms with Crippen molar-refractivity contribution in [3.05, 3.63) is 47.5 Å².